The van der Waals surface area contributed by atoms with Crippen molar-refractivity contribution in [2.75, 3.05) is 25.7 Å². The number of ether oxygens (including phenoxy) is 2. The van der Waals surface area contributed by atoms with E-state index in [-0.39, 0.29) is 12.8 Å². The first-order valence-electron chi connectivity index (χ1n) is 11.9. The number of methoxy groups -OCH3 is 2. The molecule has 0 saturated carbocycles. The lowest BCUT2D eigenvalue weighted by molar-refractivity contribution is -0.137. The van der Waals surface area contributed by atoms with Gasteiger partial charge in [-0.25, -0.2) is 0 Å². The molecule has 0 spiro atoms. The van der Waals surface area contributed by atoms with E-state index in [4.69, 9.17) is 9.47 Å². The third-order valence-electron chi connectivity index (χ3n) is 6.14. The SMILES string of the molecule is CCC(/C=C1\Sc2ccc(OC)cc2N1CCC(=O)O)=C\c1sc2ccc(OC)cc2c1CCC(=O)O. The normalized spacial score (nSPS) is 14.3. The van der Waals surface area contributed by atoms with Crippen molar-refractivity contribution in [2.24, 2.45) is 0 Å². The standard InChI is InChI=1S/C28H29NO6S2/c1-4-17(13-25-20(7-10-27(30)31)21-15-18(34-2)5-8-23(21)36-25)14-26-29(12-11-28(32)33)22-16-19(35-3)6-9-24(22)37-26/h5-6,8-9,13-16H,4,7,10-12H2,1-3H3,(H,30,31)(H,32,33)/b17-13+,26-14-. The van der Waals surface area contributed by atoms with Crippen LogP contribution < -0.4 is 14.4 Å². The summed E-state index contributed by atoms with van der Waals surface area (Å²) in [5.41, 5.74) is 3.00. The van der Waals surface area contributed by atoms with Crippen LogP contribution in [0.2, 0.25) is 0 Å². The van der Waals surface area contributed by atoms with E-state index in [1.165, 1.54) is 0 Å². The number of benzene rings is 2. The molecular weight excluding hydrogens is 510 g/mol. The van der Waals surface area contributed by atoms with Gasteiger partial charge in [0, 0.05) is 33.5 Å². The molecule has 0 aliphatic carbocycles. The Morgan fingerprint density at radius 3 is 2.38 bits per heavy atom. The van der Waals surface area contributed by atoms with E-state index in [0.717, 1.165) is 59.6 Å². The zero-order valence-corrected chi connectivity index (χ0v) is 22.6. The van der Waals surface area contributed by atoms with E-state index in [1.54, 1.807) is 37.3 Å². The zero-order chi connectivity index (χ0) is 26.5. The highest BCUT2D eigenvalue weighted by molar-refractivity contribution is 8.03. The summed E-state index contributed by atoms with van der Waals surface area (Å²) in [4.78, 5) is 26.8. The minimum Gasteiger partial charge on any atom is -0.497 e. The van der Waals surface area contributed by atoms with Crippen LogP contribution in [-0.4, -0.2) is 42.9 Å². The van der Waals surface area contributed by atoms with E-state index in [2.05, 4.69) is 19.1 Å². The van der Waals surface area contributed by atoms with Gasteiger partial charge in [0.15, 0.2) is 0 Å². The van der Waals surface area contributed by atoms with Crippen LogP contribution in [0.1, 0.15) is 36.6 Å². The molecule has 0 amide bonds. The number of hydrogen-bond donors (Lipinski definition) is 2. The molecule has 0 saturated heterocycles. The molecule has 4 rings (SSSR count). The first-order valence-corrected chi connectivity index (χ1v) is 13.5. The van der Waals surface area contributed by atoms with E-state index >= 15 is 0 Å². The maximum atomic E-state index is 11.4. The fraction of sp³-hybridized carbons (Fsp3) is 0.286. The van der Waals surface area contributed by atoms with E-state index in [9.17, 15) is 19.8 Å². The second kappa shape index (κ2) is 11.7. The average Bonchev–Trinajstić information content (AvgIpc) is 3.41. The zero-order valence-electron chi connectivity index (χ0n) is 20.9. The number of rotatable bonds is 11. The number of aliphatic carboxylic acids is 2. The van der Waals surface area contributed by atoms with Gasteiger partial charge in [-0.15, -0.1) is 11.3 Å². The van der Waals surface area contributed by atoms with Crippen molar-refractivity contribution in [2.45, 2.75) is 37.5 Å². The van der Waals surface area contributed by atoms with Crippen LogP contribution in [0.5, 0.6) is 11.5 Å². The highest BCUT2D eigenvalue weighted by atomic mass is 32.2. The maximum Gasteiger partial charge on any atom is 0.305 e. The smallest absolute Gasteiger partial charge is 0.305 e. The molecule has 2 N–H and O–H groups in total. The Morgan fingerprint density at radius 2 is 1.70 bits per heavy atom. The maximum absolute atomic E-state index is 11.4. The lowest BCUT2D eigenvalue weighted by Crippen LogP contribution is -2.21. The second-order valence-corrected chi connectivity index (χ2v) is 10.6. The van der Waals surface area contributed by atoms with Gasteiger partial charge in [0.2, 0.25) is 0 Å². The van der Waals surface area contributed by atoms with Crippen LogP contribution in [0.15, 0.2) is 58.0 Å². The third kappa shape index (κ3) is 6.11. The topological polar surface area (TPSA) is 96.3 Å². The Labute approximate surface area is 224 Å². The van der Waals surface area contributed by atoms with Crippen molar-refractivity contribution in [3.05, 3.63) is 63.5 Å². The molecule has 7 nitrogen and oxygen atoms in total. The van der Waals surface area contributed by atoms with Crippen LogP contribution in [-0.2, 0) is 16.0 Å². The van der Waals surface area contributed by atoms with E-state index in [1.807, 2.05) is 41.3 Å². The number of aryl methyl sites for hydroxylation is 1. The predicted octanol–water partition coefficient (Wildman–Crippen LogP) is 6.66. The summed E-state index contributed by atoms with van der Waals surface area (Å²) < 4.78 is 11.9. The first kappa shape index (κ1) is 26.6. The van der Waals surface area contributed by atoms with Crippen molar-refractivity contribution >= 4 is 56.9 Å². The van der Waals surface area contributed by atoms with Crippen molar-refractivity contribution in [3.8, 4) is 11.5 Å². The molecule has 0 fully saturated rings. The molecule has 0 atom stereocenters. The van der Waals surface area contributed by atoms with Gasteiger partial charge in [-0.05, 0) is 71.8 Å². The number of carboxylic acids is 2. The summed E-state index contributed by atoms with van der Waals surface area (Å²) in [7, 11) is 3.23. The van der Waals surface area contributed by atoms with Gasteiger partial charge in [0.05, 0.1) is 31.4 Å². The Hall–Kier alpha value is -3.43. The molecule has 0 radical (unpaired) electrons. The van der Waals surface area contributed by atoms with Gasteiger partial charge in [-0.2, -0.15) is 0 Å². The number of hydrogen-bond acceptors (Lipinski definition) is 7. The largest absolute Gasteiger partial charge is 0.497 e. The number of carbonyl (C=O) groups is 2. The van der Waals surface area contributed by atoms with Crippen LogP contribution in [0.3, 0.4) is 0 Å². The third-order valence-corrected chi connectivity index (χ3v) is 8.41. The number of thioether (sulfide) groups is 1. The van der Waals surface area contributed by atoms with Crippen LogP contribution in [0, 0.1) is 0 Å². The van der Waals surface area contributed by atoms with Gasteiger partial charge in [0.25, 0.3) is 0 Å². The average molecular weight is 540 g/mol. The van der Waals surface area contributed by atoms with Crippen molar-refractivity contribution < 1.29 is 29.3 Å². The van der Waals surface area contributed by atoms with Crippen molar-refractivity contribution in [1.82, 2.24) is 0 Å². The highest BCUT2D eigenvalue weighted by Crippen LogP contribution is 2.48. The van der Waals surface area contributed by atoms with Crippen molar-refractivity contribution in [3.63, 3.8) is 0 Å². The van der Waals surface area contributed by atoms with Gasteiger partial charge >= 0.3 is 11.9 Å². The molecule has 1 aliphatic rings. The van der Waals surface area contributed by atoms with E-state index in [0.29, 0.717) is 13.0 Å². The number of anilines is 1. The van der Waals surface area contributed by atoms with Crippen molar-refractivity contribution in [1.29, 1.82) is 0 Å². The quantitative estimate of drug-likeness (QED) is 0.279. The lowest BCUT2D eigenvalue weighted by Gasteiger charge is -2.20. The summed E-state index contributed by atoms with van der Waals surface area (Å²) in [6.07, 6.45) is 5.46. The Balaban J connectivity index is 1.75. The molecule has 37 heavy (non-hydrogen) atoms. The Bertz CT molecular complexity index is 1390. The second-order valence-electron chi connectivity index (χ2n) is 8.49. The summed E-state index contributed by atoms with van der Waals surface area (Å²) in [6.45, 7) is 2.42. The molecular formula is C28H29NO6S2. The fourth-order valence-corrected chi connectivity index (χ4v) is 6.56. The lowest BCUT2D eigenvalue weighted by atomic mass is 10.0. The number of nitrogens with zero attached hydrogens (tertiary/aromatic N) is 1. The highest BCUT2D eigenvalue weighted by Gasteiger charge is 2.26. The number of allylic oxidation sites excluding steroid dienone is 2. The molecule has 2 heterocycles. The van der Waals surface area contributed by atoms with Crippen LogP contribution in [0.25, 0.3) is 16.2 Å². The molecule has 194 valence electrons. The van der Waals surface area contributed by atoms with Gasteiger partial charge in [0.1, 0.15) is 11.5 Å². The molecule has 3 aromatic rings. The molecule has 1 aliphatic heterocycles. The summed E-state index contributed by atoms with van der Waals surface area (Å²) in [5, 5.41) is 20.6. The molecule has 0 unspecified atom stereocenters. The Kier molecular flexibility index (Phi) is 8.45. The summed E-state index contributed by atoms with van der Waals surface area (Å²) >= 11 is 3.24. The number of thiophene rings is 1. The summed E-state index contributed by atoms with van der Waals surface area (Å²) in [6, 6.07) is 11.7. The minimum atomic E-state index is -0.851. The van der Waals surface area contributed by atoms with Crippen LogP contribution >= 0.6 is 23.1 Å². The molecule has 9 heteroatoms. The fourth-order valence-electron chi connectivity index (χ4n) is 4.21. The van der Waals surface area contributed by atoms with Gasteiger partial charge < -0.3 is 24.6 Å². The molecule has 2 aromatic carbocycles. The number of fused-ring (bicyclic) bond motifs is 2. The predicted molar refractivity (Wildman–Crippen MR) is 149 cm³/mol. The molecule has 0 bridgehead atoms. The monoisotopic (exact) mass is 539 g/mol. The van der Waals surface area contributed by atoms with Gasteiger partial charge in [-0.1, -0.05) is 18.7 Å². The van der Waals surface area contributed by atoms with Gasteiger partial charge in [-0.3, -0.25) is 9.59 Å². The van der Waals surface area contributed by atoms with Crippen LogP contribution in [0.4, 0.5) is 5.69 Å². The minimum absolute atomic E-state index is 0.0111. The summed E-state index contributed by atoms with van der Waals surface area (Å²) in [5.74, 6) is -0.230. The Morgan fingerprint density at radius 1 is 1.00 bits per heavy atom. The number of carboxylic acid groups (broad SMARTS) is 2. The first-order chi connectivity index (χ1) is 17.8. The van der Waals surface area contributed by atoms with E-state index < -0.39 is 11.9 Å². The molecule has 1 aromatic heterocycles.